The quantitative estimate of drug-likeness (QED) is 0.875. The van der Waals surface area contributed by atoms with Gasteiger partial charge in [0.2, 0.25) is 0 Å². The molecule has 0 bridgehead atoms. The Balaban J connectivity index is 2.44. The molecule has 0 saturated carbocycles. The molecule has 0 aliphatic heterocycles. The fourth-order valence-electron chi connectivity index (χ4n) is 1.86. The third kappa shape index (κ3) is 3.15. The minimum atomic E-state index is -0.945. The fourth-order valence-corrected chi connectivity index (χ4v) is 2.43. The van der Waals surface area contributed by atoms with Crippen LogP contribution in [0, 0.1) is 13.8 Å². The molecule has 3 nitrogen and oxygen atoms in total. The van der Waals surface area contributed by atoms with E-state index in [1.807, 2.05) is 44.2 Å². The Morgan fingerprint density at radius 2 is 1.79 bits per heavy atom. The van der Waals surface area contributed by atoms with E-state index in [9.17, 15) is 9.90 Å². The second-order valence-corrected chi connectivity index (χ2v) is 5.36. The maximum atomic E-state index is 11.3. The van der Waals surface area contributed by atoms with E-state index in [2.05, 4.69) is 21.2 Å². The largest absolute Gasteiger partial charge is 0.478 e. The van der Waals surface area contributed by atoms with Gasteiger partial charge < -0.3 is 10.4 Å². The second-order valence-electron chi connectivity index (χ2n) is 4.44. The summed E-state index contributed by atoms with van der Waals surface area (Å²) < 4.78 is 0.761. The first-order valence-electron chi connectivity index (χ1n) is 5.84. The highest BCUT2D eigenvalue weighted by Crippen LogP contribution is 2.28. The van der Waals surface area contributed by atoms with Crippen LogP contribution in [-0.4, -0.2) is 11.1 Å². The van der Waals surface area contributed by atoms with Gasteiger partial charge in [0.15, 0.2) is 0 Å². The van der Waals surface area contributed by atoms with E-state index in [1.54, 1.807) is 6.07 Å². The number of hydrogen-bond acceptors (Lipinski definition) is 2. The monoisotopic (exact) mass is 319 g/mol. The minimum absolute atomic E-state index is 0.257. The van der Waals surface area contributed by atoms with Crippen molar-refractivity contribution in [1.82, 2.24) is 0 Å². The summed E-state index contributed by atoms with van der Waals surface area (Å²) in [5.41, 5.74) is 3.80. The molecule has 0 fully saturated rings. The summed E-state index contributed by atoms with van der Waals surface area (Å²) >= 11 is 3.32. The van der Waals surface area contributed by atoms with Crippen LogP contribution in [0.15, 0.2) is 40.9 Å². The average molecular weight is 320 g/mol. The first kappa shape index (κ1) is 13.6. The van der Waals surface area contributed by atoms with Gasteiger partial charge in [-0.2, -0.15) is 0 Å². The van der Waals surface area contributed by atoms with Gasteiger partial charge in [0.05, 0.1) is 11.3 Å². The smallest absolute Gasteiger partial charge is 0.337 e. The van der Waals surface area contributed by atoms with Crippen LogP contribution in [0.25, 0.3) is 0 Å². The molecule has 2 aromatic rings. The van der Waals surface area contributed by atoms with Crippen molar-refractivity contribution in [3.05, 3.63) is 57.6 Å². The van der Waals surface area contributed by atoms with Crippen LogP contribution >= 0.6 is 15.9 Å². The molecule has 0 atom stereocenters. The SMILES string of the molecule is Cc1ccc(Nc2c(C)cc(Br)cc2C(=O)O)cc1. The molecule has 19 heavy (non-hydrogen) atoms. The molecule has 0 aromatic heterocycles. The minimum Gasteiger partial charge on any atom is -0.478 e. The van der Waals surface area contributed by atoms with Crippen LogP contribution < -0.4 is 5.32 Å². The van der Waals surface area contributed by atoms with E-state index in [-0.39, 0.29) is 5.56 Å². The van der Waals surface area contributed by atoms with Gasteiger partial charge in [0.1, 0.15) is 0 Å². The number of aromatic carboxylic acids is 1. The van der Waals surface area contributed by atoms with E-state index in [4.69, 9.17) is 0 Å². The molecule has 0 aliphatic rings. The number of rotatable bonds is 3. The maximum absolute atomic E-state index is 11.3. The number of hydrogen-bond donors (Lipinski definition) is 2. The van der Waals surface area contributed by atoms with E-state index >= 15 is 0 Å². The van der Waals surface area contributed by atoms with Crippen molar-refractivity contribution in [2.24, 2.45) is 0 Å². The lowest BCUT2D eigenvalue weighted by atomic mass is 10.1. The fraction of sp³-hybridized carbons (Fsp3) is 0.133. The molecule has 0 amide bonds. The molecule has 0 spiro atoms. The molecule has 2 N–H and O–H groups in total. The van der Waals surface area contributed by atoms with E-state index in [0.717, 1.165) is 21.3 Å². The predicted molar refractivity (Wildman–Crippen MR) is 80.3 cm³/mol. The van der Waals surface area contributed by atoms with Crippen molar-refractivity contribution < 1.29 is 9.90 Å². The topological polar surface area (TPSA) is 49.3 Å². The highest BCUT2D eigenvalue weighted by Gasteiger charge is 2.13. The van der Waals surface area contributed by atoms with Gasteiger partial charge >= 0.3 is 5.97 Å². The van der Waals surface area contributed by atoms with Crippen molar-refractivity contribution in [3.63, 3.8) is 0 Å². The van der Waals surface area contributed by atoms with Gasteiger partial charge in [-0.25, -0.2) is 4.79 Å². The zero-order valence-electron chi connectivity index (χ0n) is 10.7. The second kappa shape index (κ2) is 5.45. The predicted octanol–water partition coefficient (Wildman–Crippen LogP) is 4.51. The van der Waals surface area contributed by atoms with Gasteiger partial charge in [-0.3, -0.25) is 0 Å². The Hall–Kier alpha value is -1.81. The molecule has 0 heterocycles. The molecule has 98 valence electrons. The van der Waals surface area contributed by atoms with Crippen LogP contribution in [-0.2, 0) is 0 Å². The highest BCUT2D eigenvalue weighted by atomic mass is 79.9. The third-order valence-electron chi connectivity index (χ3n) is 2.85. The van der Waals surface area contributed by atoms with Crippen molar-refractivity contribution >= 4 is 33.3 Å². The molecule has 0 radical (unpaired) electrons. The number of anilines is 2. The normalized spacial score (nSPS) is 10.3. The Morgan fingerprint density at radius 3 is 2.37 bits per heavy atom. The summed E-state index contributed by atoms with van der Waals surface area (Å²) in [6.07, 6.45) is 0. The van der Waals surface area contributed by atoms with Crippen molar-refractivity contribution in [2.75, 3.05) is 5.32 Å². The van der Waals surface area contributed by atoms with Crippen LogP contribution in [0.4, 0.5) is 11.4 Å². The molecule has 2 aromatic carbocycles. The summed E-state index contributed by atoms with van der Waals surface area (Å²) in [5, 5.41) is 12.5. The number of halogens is 1. The first-order chi connectivity index (χ1) is 8.97. The van der Waals surface area contributed by atoms with Crippen LogP contribution in [0.1, 0.15) is 21.5 Å². The first-order valence-corrected chi connectivity index (χ1v) is 6.64. The Kier molecular flexibility index (Phi) is 3.90. The van der Waals surface area contributed by atoms with E-state index in [0.29, 0.717) is 5.69 Å². The van der Waals surface area contributed by atoms with Gasteiger partial charge in [-0.1, -0.05) is 33.6 Å². The van der Waals surface area contributed by atoms with Crippen LogP contribution in [0.5, 0.6) is 0 Å². The number of carbonyl (C=O) groups is 1. The van der Waals surface area contributed by atoms with Gasteiger partial charge in [-0.05, 0) is 43.7 Å². The van der Waals surface area contributed by atoms with Gasteiger partial charge in [0, 0.05) is 10.2 Å². The third-order valence-corrected chi connectivity index (χ3v) is 3.31. The molecule has 2 rings (SSSR count). The maximum Gasteiger partial charge on any atom is 0.337 e. The zero-order valence-corrected chi connectivity index (χ0v) is 12.3. The number of aryl methyl sites for hydroxylation is 2. The molecular formula is C15H14BrNO2. The lowest BCUT2D eigenvalue weighted by Crippen LogP contribution is -2.04. The lowest BCUT2D eigenvalue weighted by molar-refractivity contribution is 0.0698. The van der Waals surface area contributed by atoms with Crippen LogP contribution in [0.2, 0.25) is 0 Å². The van der Waals surface area contributed by atoms with Crippen LogP contribution in [0.3, 0.4) is 0 Å². The summed E-state index contributed by atoms with van der Waals surface area (Å²) in [7, 11) is 0. The summed E-state index contributed by atoms with van der Waals surface area (Å²) in [6.45, 7) is 3.89. The summed E-state index contributed by atoms with van der Waals surface area (Å²) in [6, 6.07) is 11.3. The average Bonchev–Trinajstić information content (AvgIpc) is 2.34. The number of benzene rings is 2. The van der Waals surface area contributed by atoms with Crippen molar-refractivity contribution in [2.45, 2.75) is 13.8 Å². The number of nitrogens with one attached hydrogen (secondary N) is 1. The van der Waals surface area contributed by atoms with E-state index < -0.39 is 5.97 Å². The molecule has 0 aliphatic carbocycles. The van der Waals surface area contributed by atoms with E-state index in [1.165, 1.54) is 0 Å². The number of carboxylic acid groups (broad SMARTS) is 1. The summed E-state index contributed by atoms with van der Waals surface area (Å²) in [5.74, 6) is -0.945. The standard InChI is InChI=1S/C15H14BrNO2/c1-9-3-5-12(6-4-9)17-14-10(2)7-11(16)8-13(14)15(18)19/h3-8,17H,1-2H3,(H,18,19). The summed E-state index contributed by atoms with van der Waals surface area (Å²) in [4.78, 5) is 11.3. The molecular weight excluding hydrogens is 306 g/mol. The molecule has 0 unspecified atom stereocenters. The Labute approximate surface area is 120 Å². The highest BCUT2D eigenvalue weighted by molar-refractivity contribution is 9.10. The lowest BCUT2D eigenvalue weighted by Gasteiger charge is -2.13. The number of carboxylic acids is 1. The Morgan fingerprint density at radius 1 is 1.16 bits per heavy atom. The molecule has 4 heteroatoms. The van der Waals surface area contributed by atoms with Crippen molar-refractivity contribution in [3.8, 4) is 0 Å². The van der Waals surface area contributed by atoms with Crippen molar-refractivity contribution in [1.29, 1.82) is 0 Å². The zero-order chi connectivity index (χ0) is 14.0. The van der Waals surface area contributed by atoms with Gasteiger partial charge in [-0.15, -0.1) is 0 Å². The van der Waals surface area contributed by atoms with Gasteiger partial charge in [0.25, 0.3) is 0 Å². The molecule has 0 saturated heterocycles. The Bertz CT molecular complexity index is 621.